The van der Waals surface area contributed by atoms with Gasteiger partial charge < -0.3 is 4.98 Å². The molecule has 0 aliphatic carbocycles. The smallest absolute Gasteiger partial charge is 0.338 e. The summed E-state index contributed by atoms with van der Waals surface area (Å²) in [5, 5.41) is 1.76. The van der Waals surface area contributed by atoms with E-state index in [1.54, 1.807) is 30.3 Å². The number of H-pyrrole nitrogens is 1. The SMILES string of the molecule is O=C1NC(=O)C(=Cc2ccc(-c3nc4cc(C(F)(F)F)ccc4[nH]3)cc2)S1. The van der Waals surface area contributed by atoms with E-state index in [1.165, 1.54) is 6.07 Å². The van der Waals surface area contributed by atoms with Crippen molar-refractivity contribution >= 4 is 40.0 Å². The second kappa shape index (κ2) is 6.27. The summed E-state index contributed by atoms with van der Waals surface area (Å²) in [5.41, 5.74) is 1.37. The molecule has 0 saturated carbocycles. The van der Waals surface area contributed by atoms with E-state index in [4.69, 9.17) is 0 Å². The minimum absolute atomic E-state index is 0.226. The Bertz CT molecular complexity index is 1100. The third kappa shape index (κ3) is 3.45. The highest BCUT2D eigenvalue weighted by atomic mass is 32.2. The van der Waals surface area contributed by atoms with E-state index in [0.29, 0.717) is 27.4 Å². The minimum Gasteiger partial charge on any atom is -0.338 e. The Labute approximate surface area is 154 Å². The molecule has 4 rings (SSSR count). The molecule has 2 N–H and O–H groups in total. The number of thioether (sulfide) groups is 1. The number of hydrogen-bond donors (Lipinski definition) is 2. The highest BCUT2D eigenvalue weighted by molar-refractivity contribution is 8.18. The Morgan fingerprint density at radius 3 is 2.41 bits per heavy atom. The van der Waals surface area contributed by atoms with Crippen LogP contribution in [-0.2, 0) is 11.0 Å². The van der Waals surface area contributed by atoms with Crippen LogP contribution in [0.2, 0.25) is 0 Å². The average Bonchev–Trinajstić information content (AvgIpc) is 3.17. The van der Waals surface area contributed by atoms with E-state index in [0.717, 1.165) is 23.9 Å². The zero-order valence-electron chi connectivity index (χ0n) is 13.4. The lowest BCUT2D eigenvalue weighted by Gasteiger charge is -2.04. The van der Waals surface area contributed by atoms with E-state index in [1.807, 2.05) is 0 Å². The number of imide groups is 1. The molecule has 2 heterocycles. The van der Waals surface area contributed by atoms with Crippen LogP contribution in [0.3, 0.4) is 0 Å². The molecule has 27 heavy (non-hydrogen) atoms. The zero-order chi connectivity index (χ0) is 19.2. The molecule has 1 aromatic heterocycles. The highest BCUT2D eigenvalue weighted by Gasteiger charge is 2.30. The fourth-order valence-corrected chi connectivity index (χ4v) is 3.31. The van der Waals surface area contributed by atoms with Gasteiger partial charge in [0.2, 0.25) is 0 Å². The number of fused-ring (bicyclic) bond motifs is 1. The Morgan fingerprint density at radius 2 is 1.78 bits per heavy atom. The third-order valence-corrected chi connectivity index (χ3v) is 4.74. The minimum atomic E-state index is -4.42. The molecule has 1 aliphatic heterocycles. The molecule has 2 amide bonds. The second-order valence-corrected chi connectivity index (χ2v) is 6.80. The number of imidazole rings is 1. The molecule has 3 aromatic rings. The number of benzene rings is 2. The van der Waals surface area contributed by atoms with Gasteiger partial charge in [0.25, 0.3) is 11.1 Å². The van der Waals surface area contributed by atoms with Gasteiger partial charge in [-0.05, 0) is 41.6 Å². The molecule has 9 heteroatoms. The van der Waals surface area contributed by atoms with Gasteiger partial charge in [-0.25, -0.2) is 4.98 Å². The molecule has 0 unspecified atom stereocenters. The molecule has 1 saturated heterocycles. The number of aromatic nitrogens is 2. The first-order valence-electron chi connectivity index (χ1n) is 7.72. The van der Waals surface area contributed by atoms with Crippen molar-refractivity contribution in [1.82, 2.24) is 15.3 Å². The Morgan fingerprint density at radius 1 is 1.04 bits per heavy atom. The fraction of sp³-hybridized carbons (Fsp3) is 0.0556. The zero-order valence-corrected chi connectivity index (χ0v) is 14.2. The van der Waals surface area contributed by atoms with Crippen LogP contribution in [0.5, 0.6) is 0 Å². The number of rotatable bonds is 2. The predicted octanol–water partition coefficient (Wildman–Crippen LogP) is 4.57. The first-order chi connectivity index (χ1) is 12.8. The van der Waals surface area contributed by atoms with Gasteiger partial charge in [-0.3, -0.25) is 14.9 Å². The van der Waals surface area contributed by atoms with E-state index >= 15 is 0 Å². The third-order valence-electron chi connectivity index (χ3n) is 3.93. The highest BCUT2D eigenvalue weighted by Crippen LogP contribution is 2.32. The van der Waals surface area contributed by atoms with Gasteiger partial charge in [0.1, 0.15) is 5.82 Å². The van der Waals surface area contributed by atoms with Gasteiger partial charge >= 0.3 is 6.18 Å². The molecule has 1 fully saturated rings. The van der Waals surface area contributed by atoms with Gasteiger partial charge in [-0.15, -0.1) is 0 Å². The van der Waals surface area contributed by atoms with Crippen LogP contribution in [0.4, 0.5) is 18.0 Å². The lowest BCUT2D eigenvalue weighted by atomic mass is 10.1. The van der Waals surface area contributed by atoms with E-state index < -0.39 is 22.9 Å². The monoisotopic (exact) mass is 389 g/mol. The van der Waals surface area contributed by atoms with E-state index in [-0.39, 0.29) is 5.52 Å². The van der Waals surface area contributed by atoms with Crippen LogP contribution in [0.1, 0.15) is 11.1 Å². The number of aromatic amines is 1. The number of halogens is 3. The molecule has 5 nitrogen and oxygen atoms in total. The first kappa shape index (κ1) is 17.3. The van der Waals surface area contributed by atoms with Crippen LogP contribution >= 0.6 is 11.8 Å². The molecule has 0 atom stereocenters. The van der Waals surface area contributed by atoms with Gasteiger partial charge in [0, 0.05) is 5.56 Å². The quantitative estimate of drug-likeness (QED) is 0.630. The maximum Gasteiger partial charge on any atom is 0.416 e. The summed E-state index contributed by atoms with van der Waals surface area (Å²) in [6.45, 7) is 0. The molecule has 0 spiro atoms. The summed E-state index contributed by atoms with van der Waals surface area (Å²) >= 11 is 0.826. The van der Waals surface area contributed by atoms with Gasteiger partial charge in [-0.2, -0.15) is 13.2 Å². The molecular weight excluding hydrogens is 379 g/mol. The number of amides is 2. The topological polar surface area (TPSA) is 74.8 Å². The number of hydrogen-bond acceptors (Lipinski definition) is 4. The number of carbonyl (C=O) groups excluding carboxylic acids is 2. The van der Waals surface area contributed by atoms with Crippen molar-refractivity contribution in [2.75, 3.05) is 0 Å². The molecule has 0 radical (unpaired) electrons. The normalized spacial score (nSPS) is 16.3. The molecule has 2 aromatic carbocycles. The van der Waals surface area contributed by atoms with Crippen LogP contribution < -0.4 is 5.32 Å². The lowest BCUT2D eigenvalue weighted by Crippen LogP contribution is -2.17. The maximum atomic E-state index is 12.8. The van der Waals surface area contributed by atoms with Crippen molar-refractivity contribution in [3.63, 3.8) is 0 Å². The van der Waals surface area contributed by atoms with Crippen LogP contribution in [0.25, 0.3) is 28.5 Å². The Hall–Kier alpha value is -3.07. The summed E-state index contributed by atoms with van der Waals surface area (Å²) < 4.78 is 38.4. The number of nitrogens with one attached hydrogen (secondary N) is 2. The summed E-state index contributed by atoms with van der Waals surface area (Å²) in [5.74, 6) is -0.00137. The standard InChI is InChI=1S/C18H10F3N3O2S/c19-18(20,21)11-5-6-12-13(8-11)23-15(22-12)10-3-1-9(2-4-10)7-14-16(25)24-17(26)27-14/h1-8H,(H,22,23)(H,24,25,26). The number of carbonyl (C=O) groups is 2. The molecule has 0 bridgehead atoms. The predicted molar refractivity (Wildman–Crippen MR) is 95.6 cm³/mol. The van der Waals surface area contributed by atoms with Crippen molar-refractivity contribution < 1.29 is 22.8 Å². The maximum absolute atomic E-state index is 12.8. The van der Waals surface area contributed by atoms with Gasteiger partial charge in [-0.1, -0.05) is 24.3 Å². The van der Waals surface area contributed by atoms with Crippen LogP contribution in [0, 0.1) is 0 Å². The number of nitrogens with zero attached hydrogens (tertiary/aromatic N) is 1. The van der Waals surface area contributed by atoms with Crippen molar-refractivity contribution in [2.24, 2.45) is 0 Å². The van der Waals surface area contributed by atoms with Crippen molar-refractivity contribution in [1.29, 1.82) is 0 Å². The Kier molecular flexibility index (Phi) is 4.03. The molecule has 1 aliphatic rings. The molecular formula is C18H10F3N3O2S. The van der Waals surface area contributed by atoms with Crippen molar-refractivity contribution in [3.05, 3.63) is 58.5 Å². The van der Waals surface area contributed by atoms with Crippen LogP contribution in [0.15, 0.2) is 47.4 Å². The fourth-order valence-electron chi connectivity index (χ4n) is 2.63. The summed E-state index contributed by atoms with van der Waals surface area (Å²) in [6.07, 6.45) is -2.84. The summed E-state index contributed by atoms with van der Waals surface area (Å²) in [6, 6.07) is 10.3. The van der Waals surface area contributed by atoms with Crippen molar-refractivity contribution in [3.8, 4) is 11.4 Å². The summed E-state index contributed by atoms with van der Waals surface area (Å²) in [4.78, 5) is 30.3. The summed E-state index contributed by atoms with van der Waals surface area (Å²) in [7, 11) is 0. The lowest BCUT2D eigenvalue weighted by molar-refractivity contribution is -0.137. The van der Waals surface area contributed by atoms with Gasteiger partial charge in [0.05, 0.1) is 21.5 Å². The second-order valence-electron chi connectivity index (χ2n) is 5.79. The van der Waals surface area contributed by atoms with Gasteiger partial charge in [0.15, 0.2) is 0 Å². The average molecular weight is 389 g/mol. The molecule has 136 valence electrons. The van der Waals surface area contributed by atoms with Crippen molar-refractivity contribution in [2.45, 2.75) is 6.18 Å². The van der Waals surface area contributed by atoms with E-state index in [2.05, 4.69) is 15.3 Å². The van der Waals surface area contributed by atoms with E-state index in [9.17, 15) is 22.8 Å². The number of alkyl halides is 3. The largest absolute Gasteiger partial charge is 0.416 e. The first-order valence-corrected chi connectivity index (χ1v) is 8.53. The van der Waals surface area contributed by atoms with Crippen LogP contribution in [-0.4, -0.2) is 21.1 Å². The Balaban J connectivity index is 1.63.